The normalized spacial score (nSPS) is 17.3. The number of aliphatic hydroxyl groups is 1. The minimum absolute atomic E-state index is 0.233. The number of aromatic nitrogens is 1. The Kier molecular flexibility index (Phi) is 4.82. The third-order valence-corrected chi connectivity index (χ3v) is 7.87. The molecule has 1 saturated carbocycles. The number of nitrogens with zero attached hydrogens (tertiary/aromatic N) is 1. The van der Waals surface area contributed by atoms with Gasteiger partial charge in [0.15, 0.2) is 0 Å². The van der Waals surface area contributed by atoms with Crippen molar-refractivity contribution in [2.45, 2.75) is 47.5 Å². The number of hydrogen-bond acceptors (Lipinski definition) is 4. The topological polar surface area (TPSA) is 59.3 Å². The van der Waals surface area contributed by atoms with Gasteiger partial charge in [-0.1, -0.05) is 37.5 Å². The molecule has 4 nitrogen and oxygen atoms in total. The highest BCUT2D eigenvalue weighted by atomic mass is 32.2. The summed E-state index contributed by atoms with van der Waals surface area (Å²) in [5.41, 5.74) is -0.0106. The fourth-order valence-corrected chi connectivity index (χ4v) is 6.04. The number of thioether (sulfide) groups is 1. The molecule has 3 aromatic rings. The molecule has 4 rings (SSSR count). The van der Waals surface area contributed by atoms with Crippen LogP contribution in [-0.4, -0.2) is 23.8 Å². The predicted molar refractivity (Wildman–Crippen MR) is 110 cm³/mol. The quantitative estimate of drug-likeness (QED) is 0.641. The van der Waals surface area contributed by atoms with Crippen molar-refractivity contribution in [2.24, 2.45) is 0 Å². The van der Waals surface area contributed by atoms with Crippen LogP contribution in [0.3, 0.4) is 0 Å². The molecular formula is C21H23NO3S2. The molecular weight excluding hydrogens is 378 g/mol. The highest BCUT2D eigenvalue weighted by Crippen LogP contribution is 2.41. The molecule has 2 aromatic carbocycles. The number of benzene rings is 2. The summed E-state index contributed by atoms with van der Waals surface area (Å²) in [6, 6.07) is 16.1. The lowest BCUT2D eigenvalue weighted by Crippen LogP contribution is -2.33. The smallest absolute Gasteiger partial charge is 0.268 e. The lowest BCUT2D eigenvalue weighted by atomic mass is 9.82. The van der Waals surface area contributed by atoms with Gasteiger partial charge in [-0.25, -0.2) is 12.4 Å². The van der Waals surface area contributed by atoms with E-state index in [2.05, 4.69) is 0 Å². The van der Waals surface area contributed by atoms with Crippen LogP contribution in [0.15, 0.2) is 64.4 Å². The van der Waals surface area contributed by atoms with Crippen molar-refractivity contribution >= 4 is 32.7 Å². The van der Waals surface area contributed by atoms with E-state index in [1.807, 2.05) is 30.5 Å². The monoisotopic (exact) mass is 401 g/mol. The van der Waals surface area contributed by atoms with E-state index in [0.29, 0.717) is 24.1 Å². The second kappa shape index (κ2) is 7.00. The van der Waals surface area contributed by atoms with Gasteiger partial charge in [-0.2, -0.15) is 0 Å². The van der Waals surface area contributed by atoms with Gasteiger partial charge in [0.1, 0.15) is 5.60 Å². The summed E-state index contributed by atoms with van der Waals surface area (Å²) >= 11 is 1.62. The predicted octanol–water partition coefficient (Wildman–Crippen LogP) is 4.75. The summed E-state index contributed by atoms with van der Waals surface area (Å²) in [5.74, 6) is 0. The summed E-state index contributed by atoms with van der Waals surface area (Å²) in [6.45, 7) is 0. The summed E-state index contributed by atoms with van der Waals surface area (Å²) in [5, 5.41) is 12.2. The fourth-order valence-electron chi connectivity index (χ4n) is 3.97. The van der Waals surface area contributed by atoms with E-state index in [-0.39, 0.29) is 4.90 Å². The number of rotatable bonds is 4. The van der Waals surface area contributed by atoms with Crippen molar-refractivity contribution in [1.29, 1.82) is 0 Å². The summed E-state index contributed by atoms with van der Waals surface area (Å²) in [6.07, 6.45) is 6.05. The molecule has 0 aliphatic heterocycles. The first-order valence-corrected chi connectivity index (χ1v) is 11.9. The van der Waals surface area contributed by atoms with Crippen LogP contribution in [0.25, 0.3) is 10.9 Å². The van der Waals surface area contributed by atoms with Crippen molar-refractivity contribution in [3.8, 4) is 0 Å². The SMILES string of the molecule is CSc1ccc2c(c1)cc(C1(O)CCCCC1)n2S(=O)(=O)c1ccccc1. The van der Waals surface area contributed by atoms with Crippen LogP contribution in [0.4, 0.5) is 0 Å². The van der Waals surface area contributed by atoms with Crippen LogP contribution in [-0.2, 0) is 15.6 Å². The second-order valence-corrected chi connectivity index (χ2v) is 9.80. The maximum atomic E-state index is 13.5. The van der Waals surface area contributed by atoms with Gasteiger partial charge >= 0.3 is 0 Å². The minimum atomic E-state index is -3.81. The lowest BCUT2D eigenvalue weighted by Gasteiger charge is -2.33. The highest BCUT2D eigenvalue weighted by molar-refractivity contribution is 7.98. The zero-order chi connectivity index (χ0) is 19.1. The van der Waals surface area contributed by atoms with Gasteiger partial charge < -0.3 is 5.11 Å². The Morgan fingerprint density at radius 1 is 1.00 bits per heavy atom. The second-order valence-electron chi connectivity index (χ2n) is 7.13. The van der Waals surface area contributed by atoms with Crippen molar-refractivity contribution in [2.75, 3.05) is 6.26 Å². The standard InChI is InChI=1S/C21H23NO3S2/c1-26-17-10-11-19-16(14-17)15-20(21(23)12-6-3-7-13-21)22(19)27(24,25)18-8-4-2-5-9-18/h2,4-5,8-11,14-15,23H,3,6-7,12-13H2,1H3. The van der Waals surface area contributed by atoms with Crippen molar-refractivity contribution in [3.63, 3.8) is 0 Å². The summed E-state index contributed by atoms with van der Waals surface area (Å²) < 4.78 is 28.4. The van der Waals surface area contributed by atoms with E-state index in [9.17, 15) is 13.5 Å². The molecule has 1 N–H and O–H groups in total. The fraction of sp³-hybridized carbons (Fsp3) is 0.333. The molecule has 27 heavy (non-hydrogen) atoms. The van der Waals surface area contributed by atoms with Crippen molar-refractivity contribution < 1.29 is 13.5 Å². The summed E-state index contributed by atoms with van der Waals surface area (Å²) in [7, 11) is -3.81. The maximum absolute atomic E-state index is 13.5. The van der Waals surface area contributed by atoms with E-state index in [1.54, 1.807) is 42.1 Å². The first kappa shape index (κ1) is 18.6. The average Bonchev–Trinajstić information content (AvgIpc) is 3.09. The van der Waals surface area contributed by atoms with Gasteiger partial charge in [-0.3, -0.25) is 0 Å². The van der Waals surface area contributed by atoms with Gasteiger partial charge in [0.05, 0.1) is 16.1 Å². The van der Waals surface area contributed by atoms with Gasteiger partial charge in [-0.05, 0) is 55.5 Å². The Hall–Kier alpha value is -1.76. The first-order chi connectivity index (χ1) is 13.0. The molecule has 0 amide bonds. The molecule has 142 valence electrons. The molecule has 1 heterocycles. The Morgan fingerprint density at radius 2 is 1.70 bits per heavy atom. The van der Waals surface area contributed by atoms with E-state index < -0.39 is 15.6 Å². The number of fused-ring (bicyclic) bond motifs is 1. The van der Waals surface area contributed by atoms with Gasteiger partial charge in [0, 0.05) is 10.3 Å². The average molecular weight is 402 g/mol. The van der Waals surface area contributed by atoms with E-state index in [4.69, 9.17) is 0 Å². The number of hydrogen-bond donors (Lipinski definition) is 1. The Balaban J connectivity index is 2.01. The van der Waals surface area contributed by atoms with Gasteiger partial charge in [-0.15, -0.1) is 11.8 Å². The van der Waals surface area contributed by atoms with E-state index >= 15 is 0 Å². The molecule has 0 radical (unpaired) electrons. The maximum Gasteiger partial charge on any atom is 0.268 e. The molecule has 1 fully saturated rings. The summed E-state index contributed by atoms with van der Waals surface area (Å²) in [4.78, 5) is 1.30. The van der Waals surface area contributed by atoms with Crippen molar-refractivity contribution in [3.05, 3.63) is 60.3 Å². The Morgan fingerprint density at radius 3 is 2.37 bits per heavy atom. The van der Waals surface area contributed by atoms with Crippen molar-refractivity contribution in [1.82, 2.24) is 3.97 Å². The van der Waals surface area contributed by atoms with Gasteiger partial charge in [0.25, 0.3) is 10.0 Å². The molecule has 0 bridgehead atoms. The first-order valence-electron chi connectivity index (χ1n) is 9.19. The van der Waals surface area contributed by atoms with Crippen LogP contribution in [0.5, 0.6) is 0 Å². The largest absolute Gasteiger partial charge is 0.384 e. The molecule has 0 unspecified atom stereocenters. The molecule has 0 atom stereocenters. The van der Waals surface area contributed by atoms with E-state index in [1.165, 1.54) is 3.97 Å². The third-order valence-electron chi connectivity index (χ3n) is 5.40. The third kappa shape index (κ3) is 3.20. The highest BCUT2D eigenvalue weighted by Gasteiger charge is 2.38. The van der Waals surface area contributed by atoms with Crippen LogP contribution in [0.2, 0.25) is 0 Å². The van der Waals surface area contributed by atoms with E-state index in [0.717, 1.165) is 29.5 Å². The Labute approximate surface area is 164 Å². The molecule has 6 heteroatoms. The molecule has 1 aromatic heterocycles. The lowest BCUT2D eigenvalue weighted by molar-refractivity contribution is -0.00501. The van der Waals surface area contributed by atoms with Crippen LogP contribution < -0.4 is 0 Å². The zero-order valence-corrected chi connectivity index (χ0v) is 16.9. The molecule has 1 aliphatic rings. The molecule has 0 saturated heterocycles. The van der Waals surface area contributed by atoms with Crippen LogP contribution in [0, 0.1) is 0 Å². The molecule has 0 spiro atoms. The minimum Gasteiger partial charge on any atom is -0.384 e. The molecule has 1 aliphatic carbocycles. The zero-order valence-electron chi connectivity index (χ0n) is 15.3. The van der Waals surface area contributed by atoms with Crippen LogP contribution >= 0.6 is 11.8 Å². The van der Waals surface area contributed by atoms with Gasteiger partial charge in [0.2, 0.25) is 0 Å². The van der Waals surface area contributed by atoms with Crippen LogP contribution in [0.1, 0.15) is 37.8 Å². The Bertz CT molecular complexity index is 1070.